The van der Waals surface area contributed by atoms with Gasteiger partial charge in [-0.2, -0.15) is 4.98 Å². The summed E-state index contributed by atoms with van der Waals surface area (Å²) in [6, 6.07) is 1.59. The molecule has 1 atom stereocenters. The molecule has 6 nitrogen and oxygen atoms in total. The van der Waals surface area contributed by atoms with Gasteiger partial charge >= 0.3 is 0 Å². The number of piperidine rings is 1. The van der Waals surface area contributed by atoms with Gasteiger partial charge in [-0.15, -0.1) is 0 Å². The van der Waals surface area contributed by atoms with Crippen molar-refractivity contribution in [3.8, 4) is 0 Å². The van der Waals surface area contributed by atoms with Crippen LogP contribution in [0.1, 0.15) is 66.5 Å². The van der Waals surface area contributed by atoms with E-state index in [4.69, 9.17) is 8.94 Å². The third-order valence-corrected chi connectivity index (χ3v) is 4.10. The molecule has 0 spiro atoms. The highest BCUT2D eigenvalue weighted by Gasteiger charge is 2.33. The van der Waals surface area contributed by atoms with Crippen LogP contribution in [-0.4, -0.2) is 27.5 Å². The average Bonchev–Trinajstić information content (AvgIpc) is 3.16. The number of furan rings is 1. The van der Waals surface area contributed by atoms with Crippen LogP contribution in [0, 0.1) is 6.92 Å². The largest absolute Gasteiger partial charge is 0.469 e. The van der Waals surface area contributed by atoms with Crippen molar-refractivity contribution in [1.29, 1.82) is 0 Å². The van der Waals surface area contributed by atoms with Crippen LogP contribution in [-0.2, 0) is 6.42 Å². The molecule has 2 aromatic rings. The monoisotopic (exact) mass is 303 g/mol. The molecule has 0 aliphatic carbocycles. The number of aromatic nitrogens is 2. The second-order valence-corrected chi connectivity index (χ2v) is 5.70. The highest BCUT2D eigenvalue weighted by atomic mass is 16.5. The number of amides is 1. The highest BCUT2D eigenvalue weighted by Crippen LogP contribution is 2.31. The van der Waals surface area contributed by atoms with E-state index in [9.17, 15) is 4.79 Å². The van der Waals surface area contributed by atoms with E-state index in [1.165, 1.54) is 0 Å². The number of carbonyl (C=O) groups is 1. The van der Waals surface area contributed by atoms with Gasteiger partial charge in [0.2, 0.25) is 5.89 Å². The molecular weight excluding hydrogens is 282 g/mol. The van der Waals surface area contributed by atoms with Crippen molar-refractivity contribution < 1.29 is 13.7 Å². The lowest BCUT2D eigenvalue weighted by molar-refractivity contribution is 0.0559. The van der Waals surface area contributed by atoms with E-state index in [0.29, 0.717) is 23.8 Å². The molecule has 0 N–H and O–H groups in total. The predicted molar refractivity (Wildman–Crippen MR) is 79.4 cm³/mol. The highest BCUT2D eigenvalue weighted by molar-refractivity contribution is 5.95. The molecule has 1 aliphatic heterocycles. The molecule has 3 heterocycles. The number of likely N-dealkylation sites (tertiary alicyclic amines) is 1. The van der Waals surface area contributed by atoms with E-state index >= 15 is 0 Å². The molecule has 3 rings (SSSR count). The van der Waals surface area contributed by atoms with E-state index < -0.39 is 0 Å². The molecular formula is C16H21N3O3. The molecule has 1 aliphatic rings. The van der Waals surface area contributed by atoms with Crippen molar-refractivity contribution in [1.82, 2.24) is 15.0 Å². The maximum absolute atomic E-state index is 12.8. The minimum absolute atomic E-state index is 0.0220. The number of nitrogens with zero attached hydrogens (tertiary/aromatic N) is 3. The fraction of sp³-hybridized carbons (Fsp3) is 0.562. The number of hydrogen-bond acceptors (Lipinski definition) is 5. The first kappa shape index (κ1) is 14.8. The minimum atomic E-state index is -0.131. The Labute approximate surface area is 129 Å². The van der Waals surface area contributed by atoms with Crippen molar-refractivity contribution in [2.45, 2.75) is 52.0 Å². The van der Waals surface area contributed by atoms with Crippen molar-refractivity contribution in [3.63, 3.8) is 0 Å². The number of carbonyl (C=O) groups excluding carboxylic acids is 1. The van der Waals surface area contributed by atoms with Crippen LogP contribution in [0.3, 0.4) is 0 Å². The maximum atomic E-state index is 12.8. The Hall–Kier alpha value is -2.11. The summed E-state index contributed by atoms with van der Waals surface area (Å²) in [6.07, 6.45) is 6.23. The summed E-state index contributed by atoms with van der Waals surface area (Å²) in [5, 5.41) is 4.01. The van der Waals surface area contributed by atoms with Crippen LogP contribution >= 0.6 is 0 Å². The van der Waals surface area contributed by atoms with Crippen LogP contribution < -0.4 is 0 Å². The predicted octanol–water partition coefficient (Wildman–Crippen LogP) is 3.29. The first-order valence-corrected chi connectivity index (χ1v) is 7.88. The van der Waals surface area contributed by atoms with Gasteiger partial charge in [0.15, 0.2) is 5.82 Å². The summed E-state index contributed by atoms with van der Waals surface area (Å²) in [4.78, 5) is 19.1. The molecule has 0 saturated carbocycles. The van der Waals surface area contributed by atoms with Crippen LogP contribution in [0.15, 0.2) is 21.3 Å². The molecule has 1 amide bonds. The molecule has 1 saturated heterocycles. The van der Waals surface area contributed by atoms with Gasteiger partial charge in [0.05, 0.1) is 11.8 Å². The average molecular weight is 303 g/mol. The van der Waals surface area contributed by atoms with Gasteiger partial charge in [0, 0.05) is 13.0 Å². The summed E-state index contributed by atoms with van der Waals surface area (Å²) in [7, 11) is 0. The lowest BCUT2D eigenvalue weighted by atomic mass is 10.0. The number of rotatable bonds is 4. The molecule has 0 bridgehead atoms. The van der Waals surface area contributed by atoms with Crippen molar-refractivity contribution in [3.05, 3.63) is 35.4 Å². The Morgan fingerprint density at radius 1 is 1.45 bits per heavy atom. The summed E-state index contributed by atoms with van der Waals surface area (Å²) in [6.45, 7) is 4.59. The lowest BCUT2D eigenvalue weighted by Crippen LogP contribution is -2.38. The third kappa shape index (κ3) is 2.77. The van der Waals surface area contributed by atoms with Gasteiger partial charge in [-0.3, -0.25) is 4.79 Å². The zero-order valence-electron chi connectivity index (χ0n) is 13.0. The van der Waals surface area contributed by atoms with Crippen LogP contribution in [0.5, 0.6) is 0 Å². The molecule has 0 unspecified atom stereocenters. The number of aryl methyl sites for hydroxylation is 2. The van der Waals surface area contributed by atoms with E-state index in [-0.39, 0.29) is 11.9 Å². The molecule has 118 valence electrons. The molecule has 2 aromatic heterocycles. The minimum Gasteiger partial charge on any atom is -0.469 e. The van der Waals surface area contributed by atoms with Crippen LogP contribution in [0.25, 0.3) is 0 Å². The smallest absolute Gasteiger partial charge is 0.258 e. The standard InChI is InChI=1S/C16H21N3O3/c1-3-6-14-17-15(22-18-14)13-7-4-5-9-19(13)16(20)12-8-10-21-11(12)2/h8,10,13H,3-7,9H2,1-2H3/t13-/m1/s1. The third-order valence-electron chi connectivity index (χ3n) is 4.10. The van der Waals surface area contributed by atoms with Crippen molar-refractivity contribution in [2.24, 2.45) is 0 Å². The van der Waals surface area contributed by atoms with E-state index in [2.05, 4.69) is 17.1 Å². The topological polar surface area (TPSA) is 72.4 Å². The Morgan fingerprint density at radius 2 is 2.32 bits per heavy atom. The van der Waals surface area contributed by atoms with Crippen LogP contribution in [0.2, 0.25) is 0 Å². The lowest BCUT2D eigenvalue weighted by Gasteiger charge is -2.33. The maximum Gasteiger partial charge on any atom is 0.258 e. The molecule has 22 heavy (non-hydrogen) atoms. The first-order valence-electron chi connectivity index (χ1n) is 7.88. The van der Waals surface area contributed by atoms with Gasteiger partial charge < -0.3 is 13.8 Å². The Morgan fingerprint density at radius 3 is 3.05 bits per heavy atom. The van der Waals surface area contributed by atoms with E-state index in [1.54, 1.807) is 19.3 Å². The normalized spacial score (nSPS) is 18.6. The Balaban J connectivity index is 1.84. The fourth-order valence-corrected chi connectivity index (χ4v) is 2.92. The summed E-state index contributed by atoms with van der Waals surface area (Å²) >= 11 is 0. The summed E-state index contributed by atoms with van der Waals surface area (Å²) in [5.74, 6) is 1.89. The quantitative estimate of drug-likeness (QED) is 0.866. The zero-order chi connectivity index (χ0) is 15.5. The Kier molecular flexibility index (Phi) is 4.27. The molecule has 0 aromatic carbocycles. The fourth-order valence-electron chi connectivity index (χ4n) is 2.92. The number of hydrogen-bond donors (Lipinski definition) is 0. The van der Waals surface area contributed by atoms with Gasteiger partial charge in [0.1, 0.15) is 11.8 Å². The van der Waals surface area contributed by atoms with Crippen LogP contribution in [0.4, 0.5) is 0 Å². The summed E-state index contributed by atoms with van der Waals surface area (Å²) < 4.78 is 10.7. The zero-order valence-corrected chi connectivity index (χ0v) is 13.0. The SMILES string of the molecule is CCCc1noc([C@H]2CCCCN2C(=O)c2ccoc2C)n1. The van der Waals surface area contributed by atoms with Gasteiger partial charge in [-0.25, -0.2) is 0 Å². The summed E-state index contributed by atoms with van der Waals surface area (Å²) in [5.41, 5.74) is 0.611. The first-order chi connectivity index (χ1) is 10.7. The van der Waals surface area contributed by atoms with Gasteiger partial charge in [-0.1, -0.05) is 12.1 Å². The molecule has 1 fully saturated rings. The van der Waals surface area contributed by atoms with E-state index in [1.807, 2.05) is 4.90 Å². The van der Waals surface area contributed by atoms with Crippen molar-refractivity contribution >= 4 is 5.91 Å². The second kappa shape index (κ2) is 6.34. The molecule has 0 radical (unpaired) electrons. The van der Waals surface area contributed by atoms with E-state index in [0.717, 1.165) is 37.9 Å². The van der Waals surface area contributed by atoms with Crippen molar-refractivity contribution in [2.75, 3.05) is 6.54 Å². The van der Waals surface area contributed by atoms with Gasteiger partial charge in [0.25, 0.3) is 5.91 Å². The van der Waals surface area contributed by atoms with Gasteiger partial charge in [-0.05, 0) is 38.7 Å². The second-order valence-electron chi connectivity index (χ2n) is 5.70. The Bertz CT molecular complexity index is 647. The molecule has 6 heteroatoms.